The van der Waals surface area contributed by atoms with Crippen LogP contribution in [0.25, 0.3) is 0 Å². The van der Waals surface area contributed by atoms with Gasteiger partial charge in [0.25, 0.3) is 11.4 Å². The molecule has 0 fully saturated rings. The summed E-state index contributed by atoms with van der Waals surface area (Å²) in [6.07, 6.45) is 0. The molecule has 0 heterocycles. The molecular weight excluding hydrogens is 353 g/mol. The van der Waals surface area contributed by atoms with Crippen molar-refractivity contribution in [2.45, 2.75) is 0 Å². The molecule has 0 aliphatic rings. The first kappa shape index (κ1) is 19.8. The van der Waals surface area contributed by atoms with Crippen LogP contribution in [0.5, 0.6) is 0 Å². The van der Waals surface area contributed by atoms with Crippen LogP contribution in [0.1, 0.15) is 10.4 Å². The van der Waals surface area contributed by atoms with Gasteiger partial charge in [-0.25, -0.2) is 0 Å². The first-order valence-electron chi connectivity index (χ1n) is 6.00. The molecule has 0 spiro atoms. The summed E-state index contributed by atoms with van der Waals surface area (Å²) < 4.78 is 0. The standard InChI is InChI=1S/C13H8ClN3O6.Na/c14-7-1-3-9(13(18)19)11(5-7)15-10-4-2-8(16(20)21)6-12(10)17(22)23;/h1-6,15H,(H,18,19);/q;+1/p-1. The molecule has 2 aromatic rings. The Morgan fingerprint density at radius 2 is 1.67 bits per heavy atom. The van der Waals surface area contributed by atoms with Gasteiger partial charge in [0, 0.05) is 22.3 Å². The van der Waals surface area contributed by atoms with Crippen molar-refractivity contribution in [3.05, 3.63) is 67.2 Å². The number of nitro benzene ring substituents is 2. The van der Waals surface area contributed by atoms with E-state index < -0.39 is 27.2 Å². The van der Waals surface area contributed by atoms with Crippen molar-refractivity contribution in [1.29, 1.82) is 0 Å². The molecule has 24 heavy (non-hydrogen) atoms. The van der Waals surface area contributed by atoms with E-state index in [0.717, 1.165) is 18.2 Å². The third kappa shape index (κ3) is 4.42. The number of benzene rings is 2. The number of hydrogen-bond donors (Lipinski definition) is 1. The average molecular weight is 360 g/mol. The van der Waals surface area contributed by atoms with Gasteiger partial charge in [-0.2, -0.15) is 0 Å². The summed E-state index contributed by atoms with van der Waals surface area (Å²) in [5, 5.41) is 35.6. The summed E-state index contributed by atoms with van der Waals surface area (Å²) in [6.45, 7) is 0. The average Bonchev–Trinajstić information content (AvgIpc) is 2.46. The van der Waals surface area contributed by atoms with Gasteiger partial charge >= 0.3 is 29.6 Å². The van der Waals surface area contributed by atoms with Gasteiger partial charge in [-0.05, 0) is 24.3 Å². The van der Waals surface area contributed by atoms with Crippen LogP contribution < -0.4 is 40.0 Å². The molecule has 118 valence electrons. The summed E-state index contributed by atoms with van der Waals surface area (Å²) in [5.74, 6) is -1.51. The molecule has 0 aromatic heterocycles. The second kappa shape index (κ2) is 8.06. The van der Waals surface area contributed by atoms with Crippen LogP contribution in [0, 0.1) is 20.2 Å². The zero-order chi connectivity index (χ0) is 17.1. The van der Waals surface area contributed by atoms with Crippen LogP contribution in [0.2, 0.25) is 5.02 Å². The number of carboxylic acids is 1. The molecule has 0 saturated heterocycles. The number of nitrogens with one attached hydrogen (secondary N) is 1. The van der Waals surface area contributed by atoms with Crippen molar-refractivity contribution in [2.24, 2.45) is 0 Å². The zero-order valence-corrected chi connectivity index (χ0v) is 14.9. The summed E-state index contributed by atoms with van der Waals surface area (Å²) >= 11 is 5.78. The molecule has 0 aliphatic heterocycles. The largest absolute Gasteiger partial charge is 1.00 e. The summed E-state index contributed by atoms with van der Waals surface area (Å²) in [6, 6.07) is 6.68. The molecule has 0 aliphatic carbocycles. The van der Waals surface area contributed by atoms with E-state index in [2.05, 4.69) is 5.32 Å². The number of non-ortho nitro benzene ring substituents is 1. The minimum atomic E-state index is -1.51. The van der Waals surface area contributed by atoms with Crippen LogP contribution in [0.3, 0.4) is 0 Å². The number of aromatic carboxylic acids is 1. The number of nitrogens with zero attached hydrogens (tertiary/aromatic N) is 2. The molecule has 0 amide bonds. The fraction of sp³-hybridized carbons (Fsp3) is 0. The number of carbonyl (C=O) groups is 1. The smallest absolute Gasteiger partial charge is 0.545 e. The van der Waals surface area contributed by atoms with Gasteiger partial charge in [0.15, 0.2) is 0 Å². The van der Waals surface area contributed by atoms with E-state index in [1.807, 2.05) is 0 Å². The third-order valence-corrected chi connectivity index (χ3v) is 3.09. The first-order chi connectivity index (χ1) is 10.8. The minimum Gasteiger partial charge on any atom is -0.545 e. The number of hydrogen-bond acceptors (Lipinski definition) is 7. The molecule has 0 saturated carbocycles. The topological polar surface area (TPSA) is 138 Å². The van der Waals surface area contributed by atoms with Gasteiger partial charge in [-0.1, -0.05) is 11.6 Å². The number of halogens is 1. The Kier molecular flexibility index (Phi) is 6.67. The SMILES string of the molecule is O=C([O-])c1ccc(Cl)cc1Nc1ccc([N+](=O)[O-])cc1[N+](=O)[O-].[Na+]. The van der Waals surface area contributed by atoms with Crippen LogP contribution in [-0.2, 0) is 0 Å². The first-order valence-corrected chi connectivity index (χ1v) is 6.38. The Morgan fingerprint density at radius 1 is 1.00 bits per heavy atom. The summed E-state index contributed by atoms with van der Waals surface area (Å²) in [7, 11) is 0. The second-order valence-corrected chi connectivity index (χ2v) is 4.75. The van der Waals surface area contributed by atoms with Crippen LogP contribution in [0.15, 0.2) is 36.4 Å². The Balaban J connectivity index is 0.00000288. The molecule has 0 atom stereocenters. The van der Waals surface area contributed by atoms with Crippen molar-refractivity contribution in [1.82, 2.24) is 0 Å². The maximum absolute atomic E-state index is 11.1. The molecule has 11 heteroatoms. The Morgan fingerprint density at radius 3 is 2.21 bits per heavy atom. The van der Waals surface area contributed by atoms with Crippen LogP contribution >= 0.6 is 11.6 Å². The summed E-state index contributed by atoms with van der Waals surface area (Å²) in [4.78, 5) is 31.2. The number of anilines is 2. The fourth-order valence-electron chi connectivity index (χ4n) is 1.83. The normalized spacial score (nSPS) is 9.71. The van der Waals surface area contributed by atoms with E-state index in [9.17, 15) is 30.1 Å². The number of nitro groups is 2. The number of rotatable bonds is 5. The second-order valence-electron chi connectivity index (χ2n) is 4.32. The maximum Gasteiger partial charge on any atom is 1.00 e. The van der Waals surface area contributed by atoms with Crippen molar-refractivity contribution in [2.75, 3.05) is 5.32 Å². The van der Waals surface area contributed by atoms with E-state index in [-0.39, 0.29) is 51.5 Å². The summed E-state index contributed by atoms with van der Waals surface area (Å²) in [5.41, 5.74) is -1.46. The number of carbonyl (C=O) groups excluding carboxylic acids is 1. The van der Waals surface area contributed by atoms with E-state index in [1.54, 1.807) is 0 Å². The van der Waals surface area contributed by atoms with Crippen LogP contribution in [0.4, 0.5) is 22.7 Å². The molecular formula is C13H7ClN3NaO6. The molecule has 2 aromatic carbocycles. The molecule has 2 rings (SSSR count). The molecule has 0 bridgehead atoms. The minimum absolute atomic E-state index is 0. The van der Waals surface area contributed by atoms with Crippen molar-refractivity contribution >= 4 is 40.3 Å². The van der Waals surface area contributed by atoms with E-state index in [1.165, 1.54) is 18.2 Å². The third-order valence-electron chi connectivity index (χ3n) is 2.86. The van der Waals surface area contributed by atoms with E-state index >= 15 is 0 Å². The maximum atomic E-state index is 11.1. The predicted molar refractivity (Wildman–Crippen MR) is 78.8 cm³/mol. The quantitative estimate of drug-likeness (QED) is 0.421. The fourth-order valence-corrected chi connectivity index (χ4v) is 2.01. The van der Waals surface area contributed by atoms with Crippen LogP contribution in [-0.4, -0.2) is 15.8 Å². The van der Waals surface area contributed by atoms with Gasteiger partial charge in [0.05, 0.1) is 21.9 Å². The van der Waals surface area contributed by atoms with E-state index in [4.69, 9.17) is 11.6 Å². The molecule has 1 N–H and O–H groups in total. The van der Waals surface area contributed by atoms with Crippen molar-refractivity contribution < 1.29 is 49.3 Å². The van der Waals surface area contributed by atoms with Gasteiger partial charge in [0.1, 0.15) is 5.69 Å². The Hall–Kier alpha value is -2.20. The molecule has 0 unspecified atom stereocenters. The van der Waals surface area contributed by atoms with Gasteiger partial charge in [-0.15, -0.1) is 0 Å². The van der Waals surface area contributed by atoms with Gasteiger partial charge in [-0.3, -0.25) is 20.2 Å². The predicted octanol–water partition coefficient (Wildman–Crippen LogP) is -0.732. The van der Waals surface area contributed by atoms with Gasteiger partial charge in [0.2, 0.25) is 0 Å². The van der Waals surface area contributed by atoms with Crippen molar-refractivity contribution in [3.63, 3.8) is 0 Å². The zero-order valence-electron chi connectivity index (χ0n) is 12.2. The van der Waals surface area contributed by atoms with E-state index in [0.29, 0.717) is 0 Å². The Labute approximate surface area is 161 Å². The number of carboxylic acid groups (broad SMARTS) is 1. The molecule has 9 nitrogen and oxygen atoms in total. The van der Waals surface area contributed by atoms with Crippen molar-refractivity contribution in [3.8, 4) is 0 Å². The van der Waals surface area contributed by atoms with Gasteiger partial charge < -0.3 is 15.2 Å². The Bertz CT molecular complexity index is 829. The molecule has 0 radical (unpaired) electrons. The monoisotopic (exact) mass is 359 g/mol.